The molecular weight excluding hydrogens is 218 g/mol. The van der Waals surface area contributed by atoms with Gasteiger partial charge in [0, 0.05) is 23.5 Å². The molecule has 0 bridgehead atoms. The molecule has 2 aromatic heterocycles. The molecule has 0 aromatic carbocycles. The Balaban J connectivity index is 2.17. The number of nitrogens with zero attached hydrogens (tertiary/aromatic N) is 3. The number of anilines is 1. The lowest BCUT2D eigenvalue weighted by Gasteiger charge is -2.01. The van der Waals surface area contributed by atoms with Gasteiger partial charge in [-0.25, -0.2) is 4.98 Å². The third kappa shape index (κ3) is 2.46. The summed E-state index contributed by atoms with van der Waals surface area (Å²) >= 11 is 0. The molecule has 0 radical (unpaired) electrons. The third-order valence-corrected chi connectivity index (χ3v) is 2.08. The molecule has 0 fully saturated rings. The third-order valence-electron chi connectivity index (χ3n) is 2.08. The van der Waals surface area contributed by atoms with Gasteiger partial charge < -0.3 is 5.32 Å². The Morgan fingerprint density at radius 2 is 2.35 bits per heavy atom. The molecule has 84 valence electrons. The minimum atomic E-state index is -0.324. The topological polar surface area (TPSA) is 94.5 Å². The number of nitriles is 1. The van der Waals surface area contributed by atoms with Crippen molar-refractivity contribution in [1.29, 1.82) is 5.26 Å². The highest BCUT2D eigenvalue weighted by molar-refractivity contribution is 6.03. The van der Waals surface area contributed by atoms with Crippen molar-refractivity contribution in [1.82, 2.24) is 15.2 Å². The van der Waals surface area contributed by atoms with E-state index in [0.29, 0.717) is 11.4 Å². The standard InChI is InChI=1S/C11H9N5O/c1-7-4-10(16-15-7)14-11(17)8-2-3-13-9(5-8)6-12/h2-5H,1H3,(H2,14,15,16,17). The van der Waals surface area contributed by atoms with Crippen molar-refractivity contribution in [2.24, 2.45) is 0 Å². The Hall–Kier alpha value is -2.68. The Labute approximate surface area is 97.3 Å². The molecule has 0 spiro atoms. The molecule has 17 heavy (non-hydrogen) atoms. The van der Waals surface area contributed by atoms with E-state index in [1.165, 1.54) is 18.3 Å². The molecule has 0 aliphatic rings. The number of rotatable bonds is 2. The molecule has 2 rings (SSSR count). The first-order chi connectivity index (χ1) is 8.19. The Bertz CT molecular complexity index is 596. The first kappa shape index (κ1) is 10.8. The molecule has 0 aliphatic carbocycles. The van der Waals surface area contributed by atoms with E-state index in [0.717, 1.165) is 5.69 Å². The minimum Gasteiger partial charge on any atom is -0.305 e. The Kier molecular flexibility index (Phi) is 2.83. The van der Waals surface area contributed by atoms with E-state index in [1.807, 2.05) is 13.0 Å². The second-order valence-electron chi connectivity index (χ2n) is 3.43. The highest BCUT2D eigenvalue weighted by Crippen LogP contribution is 2.07. The van der Waals surface area contributed by atoms with E-state index in [-0.39, 0.29) is 11.6 Å². The van der Waals surface area contributed by atoms with Crippen LogP contribution < -0.4 is 5.32 Å². The van der Waals surface area contributed by atoms with Crippen LogP contribution in [0.5, 0.6) is 0 Å². The van der Waals surface area contributed by atoms with Crippen molar-refractivity contribution >= 4 is 11.7 Å². The van der Waals surface area contributed by atoms with Crippen molar-refractivity contribution in [3.63, 3.8) is 0 Å². The number of carbonyl (C=O) groups excluding carboxylic acids is 1. The molecule has 0 atom stereocenters. The summed E-state index contributed by atoms with van der Waals surface area (Å²) in [5.74, 6) is 0.123. The van der Waals surface area contributed by atoms with Crippen molar-refractivity contribution in [2.45, 2.75) is 6.92 Å². The molecule has 2 N–H and O–H groups in total. The van der Waals surface area contributed by atoms with Gasteiger partial charge in [-0.05, 0) is 19.1 Å². The van der Waals surface area contributed by atoms with Gasteiger partial charge in [-0.2, -0.15) is 10.4 Å². The largest absolute Gasteiger partial charge is 0.305 e. The van der Waals surface area contributed by atoms with E-state index in [1.54, 1.807) is 6.07 Å². The molecule has 6 heteroatoms. The number of aryl methyl sites for hydroxylation is 1. The van der Waals surface area contributed by atoms with E-state index in [4.69, 9.17) is 5.26 Å². The molecule has 0 aliphatic heterocycles. The van der Waals surface area contributed by atoms with Gasteiger partial charge in [-0.3, -0.25) is 9.89 Å². The first-order valence-electron chi connectivity index (χ1n) is 4.88. The molecule has 2 aromatic rings. The number of hydrogen-bond acceptors (Lipinski definition) is 4. The van der Waals surface area contributed by atoms with Crippen LogP contribution in [-0.2, 0) is 0 Å². The molecule has 0 saturated carbocycles. The van der Waals surface area contributed by atoms with E-state index in [9.17, 15) is 4.79 Å². The fourth-order valence-corrected chi connectivity index (χ4v) is 1.30. The van der Waals surface area contributed by atoms with Crippen LogP contribution in [-0.4, -0.2) is 21.1 Å². The number of aromatic nitrogens is 3. The molecular formula is C11H9N5O. The molecule has 2 heterocycles. The average molecular weight is 227 g/mol. The molecule has 6 nitrogen and oxygen atoms in total. The highest BCUT2D eigenvalue weighted by atomic mass is 16.1. The lowest BCUT2D eigenvalue weighted by atomic mass is 10.2. The second kappa shape index (κ2) is 4.45. The van der Waals surface area contributed by atoms with Crippen molar-refractivity contribution in [3.8, 4) is 6.07 Å². The summed E-state index contributed by atoms with van der Waals surface area (Å²) in [4.78, 5) is 15.6. The monoisotopic (exact) mass is 227 g/mol. The van der Waals surface area contributed by atoms with Crippen molar-refractivity contribution in [2.75, 3.05) is 5.32 Å². The van der Waals surface area contributed by atoms with Gasteiger partial charge in [0.1, 0.15) is 11.8 Å². The van der Waals surface area contributed by atoms with Gasteiger partial charge in [0.2, 0.25) is 0 Å². The predicted molar refractivity (Wildman–Crippen MR) is 60.2 cm³/mol. The quantitative estimate of drug-likeness (QED) is 0.806. The number of pyridine rings is 1. The second-order valence-corrected chi connectivity index (χ2v) is 3.43. The van der Waals surface area contributed by atoms with Gasteiger partial charge in [0.05, 0.1) is 0 Å². The number of carbonyl (C=O) groups is 1. The summed E-state index contributed by atoms with van der Waals surface area (Å²) in [6.45, 7) is 1.84. The summed E-state index contributed by atoms with van der Waals surface area (Å²) < 4.78 is 0. The smallest absolute Gasteiger partial charge is 0.257 e. The van der Waals surface area contributed by atoms with E-state index < -0.39 is 0 Å². The zero-order chi connectivity index (χ0) is 12.3. The van der Waals surface area contributed by atoms with Crippen LogP contribution in [0.25, 0.3) is 0 Å². The van der Waals surface area contributed by atoms with Crippen LogP contribution in [0.1, 0.15) is 21.7 Å². The first-order valence-corrected chi connectivity index (χ1v) is 4.88. The Morgan fingerprint density at radius 3 is 3.00 bits per heavy atom. The lowest BCUT2D eigenvalue weighted by molar-refractivity contribution is 0.102. The SMILES string of the molecule is Cc1cc(NC(=O)c2ccnc(C#N)c2)n[nH]1. The van der Waals surface area contributed by atoms with Crippen LogP contribution in [0.2, 0.25) is 0 Å². The van der Waals surface area contributed by atoms with Crippen LogP contribution in [0, 0.1) is 18.3 Å². The van der Waals surface area contributed by atoms with E-state index in [2.05, 4.69) is 20.5 Å². The maximum Gasteiger partial charge on any atom is 0.257 e. The molecule has 0 unspecified atom stereocenters. The fraction of sp³-hybridized carbons (Fsp3) is 0.0909. The zero-order valence-corrected chi connectivity index (χ0v) is 9.06. The van der Waals surface area contributed by atoms with Crippen LogP contribution >= 0.6 is 0 Å². The van der Waals surface area contributed by atoms with Gasteiger partial charge in [0.25, 0.3) is 5.91 Å². The van der Waals surface area contributed by atoms with Crippen LogP contribution in [0.4, 0.5) is 5.82 Å². The summed E-state index contributed by atoms with van der Waals surface area (Å²) in [7, 11) is 0. The number of hydrogen-bond donors (Lipinski definition) is 2. The lowest BCUT2D eigenvalue weighted by Crippen LogP contribution is -2.12. The van der Waals surface area contributed by atoms with Gasteiger partial charge in [-0.1, -0.05) is 0 Å². The normalized spacial score (nSPS) is 9.65. The summed E-state index contributed by atoms with van der Waals surface area (Å²) in [6, 6.07) is 6.55. The summed E-state index contributed by atoms with van der Waals surface area (Å²) in [5, 5.41) is 17.9. The maximum atomic E-state index is 11.8. The van der Waals surface area contributed by atoms with E-state index >= 15 is 0 Å². The number of H-pyrrole nitrogens is 1. The maximum absolute atomic E-state index is 11.8. The van der Waals surface area contributed by atoms with Crippen molar-refractivity contribution in [3.05, 3.63) is 41.3 Å². The summed E-state index contributed by atoms with van der Waals surface area (Å²) in [6.07, 6.45) is 1.42. The van der Waals surface area contributed by atoms with Gasteiger partial charge in [-0.15, -0.1) is 0 Å². The fourth-order valence-electron chi connectivity index (χ4n) is 1.30. The van der Waals surface area contributed by atoms with Crippen LogP contribution in [0.15, 0.2) is 24.4 Å². The Morgan fingerprint density at radius 1 is 1.53 bits per heavy atom. The predicted octanol–water partition coefficient (Wildman–Crippen LogP) is 1.24. The molecule has 1 amide bonds. The highest BCUT2D eigenvalue weighted by Gasteiger charge is 2.08. The number of aromatic amines is 1. The minimum absolute atomic E-state index is 0.204. The van der Waals surface area contributed by atoms with Gasteiger partial charge in [0.15, 0.2) is 5.82 Å². The van der Waals surface area contributed by atoms with Gasteiger partial charge >= 0.3 is 0 Å². The number of amides is 1. The van der Waals surface area contributed by atoms with Crippen LogP contribution in [0.3, 0.4) is 0 Å². The zero-order valence-electron chi connectivity index (χ0n) is 9.06. The van der Waals surface area contributed by atoms with Crippen molar-refractivity contribution < 1.29 is 4.79 Å². The molecule has 0 saturated heterocycles. The average Bonchev–Trinajstić information content (AvgIpc) is 2.75. The summed E-state index contributed by atoms with van der Waals surface area (Å²) in [5.41, 5.74) is 1.43. The number of nitrogens with one attached hydrogen (secondary N) is 2.